The van der Waals surface area contributed by atoms with Crippen LogP contribution in [0.25, 0.3) is 11.1 Å². The molecule has 1 amide bonds. The quantitative estimate of drug-likeness (QED) is 0.732. The van der Waals surface area contributed by atoms with Gasteiger partial charge in [0.1, 0.15) is 0 Å². The Labute approximate surface area is 178 Å². The number of nitrogens with one attached hydrogen (secondary N) is 1. The molecule has 0 bridgehead atoms. The van der Waals surface area contributed by atoms with E-state index in [1.807, 2.05) is 36.5 Å². The van der Waals surface area contributed by atoms with E-state index < -0.39 is 15.6 Å². The largest absolute Gasteiger partial charge is 0.353 e. The minimum absolute atomic E-state index is 0.0340. The Kier molecular flexibility index (Phi) is 5.65. The molecule has 8 heteroatoms. The number of hydrogen-bond acceptors (Lipinski definition) is 4. The van der Waals surface area contributed by atoms with Crippen LogP contribution in [0.3, 0.4) is 0 Å². The van der Waals surface area contributed by atoms with E-state index in [1.54, 1.807) is 6.20 Å². The van der Waals surface area contributed by atoms with Gasteiger partial charge in [-0.05, 0) is 48.4 Å². The topological polar surface area (TPSA) is 82.6 Å². The van der Waals surface area contributed by atoms with E-state index in [-0.39, 0.29) is 18.5 Å². The number of amides is 1. The summed E-state index contributed by atoms with van der Waals surface area (Å²) in [5, 5.41) is 3.12. The maximum absolute atomic E-state index is 13.3. The number of nitrogens with zero attached hydrogens (tertiary/aromatic N) is 3. The first-order valence-electron chi connectivity index (χ1n) is 10.3. The van der Waals surface area contributed by atoms with E-state index in [1.165, 1.54) is 22.7 Å². The average Bonchev–Trinajstić information content (AvgIpc) is 3.44. The smallest absolute Gasteiger partial charge is 0.281 e. The second kappa shape index (κ2) is 8.09. The summed E-state index contributed by atoms with van der Waals surface area (Å²) in [6.07, 6.45) is 6.56. The molecule has 2 aromatic rings. The number of benzene rings is 1. The lowest BCUT2D eigenvalue weighted by molar-refractivity contribution is -0.130. The summed E-state index contributed by atoms with van der Waals surface area (Å²) in [6.45, 7) is 0.546. The number of pyridine rings is 1. The van der Waals surface area contributed by atoms with Crippen molar-refractivity contribution in [2.45, 2.75) is 31.7 Å². The van der Waals surface area contributed by atoms with E-state index in [2.05, 4.69) is 16.4 Å². The summed E-state index contributed by atoms with van der Waals surface area (Å²) in [7, 11) is -0.510. The van der Waals surface area contributed by atoms with E-state index >= 15 is 0 Å². The fourth-order valence-corrected chi connectivity index (χ4v) is 5.22. The maximum Gasteiger partial charge on any atom is 0.281 e. The van der Waals surface area contributed by atoms with Crippen molar-refractivity contribution >= 4 is 16.1 Å². The standard InChI is InChI=1S/C22H28N4O3S/c1-25(2)30(28,29)26-12-10-22(16-26,21(27)24-20-8-9-20)14-17-5-3-6-18(13-17)19-7-4-11-23-15-19/h3-7,11,13,15,20H,8-10,12,14,16H2,1-2H3,(H,24,27)/t22-/m0/s1. The van der Waals surface area contributed by atoms with Gasteiger partial charge < -0.3 is 5.32 Å². The van der Waals surface area contributed by atoms with Crippen LogP contribution >= 0.6 is 0 Å². The third kappa shape index (κ3) is 4.26. The van der Waals surface area contributed by atoms with Gasteiger partial charge in [-0.1, -0.05) is 30.3 Å². The average molecular weight is 429 g/mol. The van der Waals surface area contributed by atoms with Crippen LogP contribution in [0.4, 0.5) is 0 Å². The molecule has 0 radical (unpaired) electrons. The molecule has 0 unspecified atom stereocenters. The zero-order valence-electron chi connectivity index (χ0n) is 17.4. The molecule has 1 aliphatic heterocycles. The Hall–Kier alpha value is -2.29. The summed E-state index contributed by atoms with van der Waals surface area (Å²) < 4.78 is 28.0. The van der Waals surface area contributed by atoms with Crippen LogP contribution in [0.15, 0.2) is 48.8 Å². The molecule has 0 spiro atoms. The highest BCUT2D eigenvalue weighted by Crippen LogP contribution is 2.38. The number of carbonyl (C=O) groups is 1. The first kappa shape index (κ1) is 21.0. The molecule has 4 rings (SSSR count). The molecule has 1 aromatic heterocycles. The van der Waals surface area contributed by atoms with Gasteiger partial charge in [-0.15, -0.1) is 0 Å². The fourth-order valence-electron chi connectivity index (χ4n) is 4.02. The van der Waals surface area contributed by atoms with E-state index in [0.717, 1.165) is 29.5 Å². The van der Waals surface area contributed by atoms with Crippen molar-refractivity contribution in [3.63, 3.8) is 0 Å². The molecule has 2 fully saturated rings. The van der Waals surface area contributed by atoms with Gasteiger partial charge in [0.25, 0.3) is 10.2 Å². The third-order valence-electron chi connectivity index (χ3n) is 5.97. The van der Waals surface area contributed by atoms with Crippen LogP contribution in [-0.4, -0.2) is 61.1 Å². The molecule has 30 heavy (non-hydrogen) atoms. The molecule has 7 nitrogen and oxygen atoms in total. The molecule has 1 aliphatic carbocycles. The highest BCUT2D eigenvalue weighted by atomic mass is 32.2. The number of rotatable bonds is 7. The third-order valence-corrected chi connectivity index (χ3v) is 7.85. The number of carbonyl (C=O) groups excluding carboxylic acids is 1. The normalized spacial score (nSPS) is 22.4. The van der Waals surface area contributed by atoms with Crippen molar-refractivity contribution in [1.82, 2.24) is 18.9 Å². The minimum atomic E-state index is -3.56. The Morgan fingerprint density at radius 2 is 2.00 bits per heavy atom. The second-order valence-electron chi connectivity index (χ2n) is 8.52. The van der Waals surface area contributed by atoms with Crippen molar-refractivity contribution in [1.29, 1.82) is 0 Å². The Balaban J connectivity index is 1.62. The summed E-state index contributed by atoms with van der Waals surface area (Å²) in [6, 6.07) is 12.2. The van der Waals surface area contributed by atoms with Crippen LogP contribution in [-0.2, 0) is 21.4 Å². The first-order chi connectivity index (χ1) is 14.3. The van der Waals surface area contributed by atoms with Crippen LogP contribution in [0.2, 0.25) is 0 Å². The Bertz CT molecular complexity index is 1020. The molecule has 1 aromatic carbocycles. The predicted octanol–water partition coefficient (Wildman–Crippen LogP) is 2.07. The van der Waals surface area contributed by atoms with Crippen LogP contribution < -0.4 is 5.32 Å². The van der Waals surface area contributed by atoms with Crippen molar-refractivity contribution in [2.24, 2.45) is 5.41 Å². The van der Waals surface area contributed by atoms with Gasteiger partial charge >= 0.3 is 0 Å². The van der Waals surface area contributed by atoms with Crippen molar-refractivity contribution in [3.05, 3.63) is 54.4 Å². The summed E-state index contributed by atoms with van der Waals surface area (Å²) >= 11 is 0. The van der Waals surface area contributed by atoms with Gasteiger partial charge in [-0.25, -0.2) is 0 Å². The van der Waals surface area contributed by atoms with Crippen LogP contribution in [0, 0.1) is 5.41 Å². The Morgan fingerprint density at radius 3 is 2.67 bits per heavy atom. The van der Waals surface area contributed by atoms with Crippen molar-refractivity contribution < 1.29 is 13.2 Å². The molecular formula is C22H28N4O3S. The number of aromatic nitrogens is 1. The van der Waals surface area contributed by atoms with Crippen molar-refractivity contribution in [2.75, 3.05) is 27.2 Å². The highest BCUT2D eigenvalue weighted by Gasteiger charge is 2.49. The van der Waals surface area contributed by atoms with Gasteiger partial charge in [0, 0.05) is 45.6 Å². The first-order valence-corrected chi connectivity index (χ1v) is 11.7. The lowest BCUT2D eigenvalue weighted by Crippen LogP contribution is -2.47. The van der Waals surface area contributed by atoms with Gasteiger partial charge in [0.15, 0.2) is 0 Å². The molecular weight excluding hydrogens is 400 g/mol. The number of hydrogen-bond donors (Lipinski definition) is 1. The highest BCUT2D eigenvalue weighted by molar-refractivity contribution is 7.86. The maximum atomic E-state index is 13.3. The molecule has 1 saturated carbocycles. The zero-order valence-corrected chi connectivity index (χ0v) is 18.2. The fraction of sp³-hybridized carbons (Fsp3) is 0.455. The summed E-state index contributed by atoms with van der Waals surface area (Å²) in [4.78, 5) is 17.4. The SMILES string of the molecule is CN(C)S(=O)(=O)N1CC[C@@](Cc2cccc(-c3cccnc3)c2)(C(=O)NC2CC2)C1. The monoisotopic (exact) mass is 428 g/mol. The molecule has 1 atom stereocenters. The summed E-state index contributed by atoms with van der Waals surface area (Å²) in [5.74, 6) is -0.0340. The van der Waals surface area contributed by atoms with Gasteiger partial charge in [0.05, 0.1) is 5.41 Å². The van der Waals surface area contributed by atoms with E-state index in [4.69, 9.17) is 0 Å². The minimum Gasteiger partial charge on any atom is -0.353 e. The predicted molar refractivity (Wildman–Crippen MR) is 116 cm³/mol. The molecule has 1 N–H and O–H groups in total. The molecule has 160 valence electrons. The van der Waals surface area contributed by atoms with E-state index in [9.17, 15) is 13.2 Å². The van der Waals surface area contributed by atoms with Crippen LogP contribution in [0.5, 0.6) is 0 Å². The van der Waals surface area contributed by atoms with Gasteiger partial charge in [-0.2, -0.15) is 17.0 Å². The Morgan fingerprint density at radius 1 is 1.23 bits per heavy atom. The van der Waals surface area contributed by atoms with Crippen LogP contribution in [0.1, 0.15) is 24.8 Å². The van der Waals surface area contributed by atoms with E-state index in [0.29, 0.717) is 19.4 Å². The lowest BCUT2D eigenvalue weighted by atomic mass is 9.79. The van der Waals surface area contributed by atoms with Crippen molar-refractivity contribution in [3.8, 4) is 11.1 Å². The molecule has 2 aliphatic rings. The van der Waals surface area contributed by atoms with Gasteiger partial charge in [0.2, 0.25) is 5.91 Å². The second-order valence-corrected chi connectivity index (χ2v) is 10.7. The summed E-state index contributed by atoms with van der Waals surface area (Å²) in [5.41, 5.74) is 2.30. The molecule has 2 heterocycles. The molecule has 1 saturated heterocycles. The zero-order chi connectivity index (χ0) is 21.4. The van der Waals surface area contributed by atoms with Gasteiger partial charge in [-0.3, -0.25) is 9.78 Å². The lowest BCUT2D eigenvalue weighted by Gasteiger charge is -2.29.